The number of hydrogen-bond donors (Lipinski definition) is 1. The van der Waals surface area contributed by atoms with E-state index < -0.39 is 11.4 Å². The van der Waals surface area contributed by atoms with Crippen molar-refractivity contribution < 1.29 is 49.0 Å². The number of aliphatic carboxylic acids is 1. The molecule has 0 atom stereocenters. The fourth-order valence-corrected chi connectivity index (χ4v) is 2.36. The van der Waals surface area contributed by atoms with Crippen molar-refractivity contribution in [1.29, 1.82) is 0 Å². The first-order valence-corrected chi connectivity index (χ1v) is 7.69. The zero-order chi connectivity index (χ0) is 17.2. The Bertz CT molecular complexity index is 756. The number of carbonyl (C=O) groups is 2. The van der Waals surface area contributed by atoms with Crippen LogP contribution in [-0.4, -0.2) is 16.9 Å². The summed E-state index contributed by atoms with van der Waals surface area (Å²) in [4.78, 5) is 27.0. The van der Waals surface area contributed by atoms with E-state index in [1.807, 2.05) is 31.2 Å². The molecule has 1 fully saturated rings. The number of anilines is 1. The van der Waals surface area contributed by atoms with Crippen LogP contribution in [0, 0.1) is 12.3 Å². The summed E-state index contributed by atoms with van der Waals surface area (Å²) in [6, 6.07) is 10.9. The maximum absolute atomic E-state index is 11.9. The van der Waals surface area contributed by atoms with E-state index in [1.54, 1.807) is 12.1 Å². The van der Waals surface area contributed by atoms with Crippen molar-refractivity contribution >= 4 is 17.6 Å². The number of hydrogen-bond acceptors (Lipinski definition) is 5. The van der Waals surface area contributed by atoms with Crippen molar-refractivity contribution in [2.24, 2.45) is 5.41 Å². The van der Waals surface area contributed by atoms with Crippen LogP contribution in [0.25, 0.3) is 0 Å². The summed E-state index contributed by atoms with van der Waals surface area (Å²) in [5.41, 5.74) is 0.648. The Hall–Kier alpha value is -1.89. The van der Waals surface area contributed by atoms with E-state index in [2.05, 4.69) is 10.3 Å². The average molecular weight is 348 g/mol. The molecule has 1 N–H and O–H groups in total. The van der Waals surface area contributed by atoms with Gasteiger partial charge in [0.1, 0.15) is 5.75 Å². The Morgan fingerprint density at radius 1 is 1.20 bits per heavy atom. The monoisotopic (exact) mass is 348 g/mol. The molecule has 1 heterocycles. The van der Waals surface area contributed by atoms with Crippen LogP contribution in [0.1, 0.15) is 24.8 Å². The molecule has 0 radical (unpaired) electrons. The topological polar surface area (TPSA) is 91.3 Å². The number of ether oxygens (including phenoxy) is 1. The van der Waals surface area contributed by atoms with Crippen molar-refractivity contribution in [3.63, 3.8) is 0 Å². The second-order valence-corrected chi connectivity index (χ2v) is 6.09. The number of benzene rings is 1. The normalized spacial score (nSPS) is 14.1. The molecule has 0 aliphatic heterocycles. The van der Waals surface area contributed by atoms with Crippen molar-refractivity contribution in [2.45, 2.75) is 26.2 Å². The van der Waals surface area contributed by atoms with E-state index in [-0.39, 0.29) is 41.9 Å². The Labute approximate surface area is 167 Å². The van der Waals surface area contributed by atoms with E-state index in [4.69, 9.17) is 4.74 Å². The van der Waals surface area contributed by atoms with Gasteiger partial charge >= 0.3 is 29.6 Å². The first kappa shape index (κ1) is 19.4. The molecule has 6 nitrogen and oxygen atoms in total. The fourth-order valence-electron chi connectivity index (χ4n) is 2.36. The molecule has 7 heteroatoms. The van der Waals surface area contributed by atoms with Gasteiger partial charge < -0.3 is 20.0 Å². The third kappa shape index (κ3) is 5.04. The van der Waals surface area contributed by atoms with Crippen LogP contribution >= 0.6 is 0 Å². The molecule has 1 saturated carbocycles. The maximum atomic E-state index is 11.9. The van der Waals surface area contributed by atoms with Gasteiger partial charge in [-0.25, -0.2) is 4.98 Å². The number of nitrogens with one attached hydrogen (secondary N) is 1. The Morgan fingerprint density at radius 3 is 2.40 bits per heavy atom. The summed E-state index contributed by atoms with van der Waals surface area (Å²) in [5.74, 6) is -0.428. The molecular formula is C18H17N2NaO4. The van der Waals surface area contributed by atoms with E-state index in [0.717, 1.165) is 5.56 Å². The molecule has 0 spiro atoms. The number of rotatable bonds is 6. The van der Waals surface area contributed by atoms with Crippen LogP contribution in [-0.2, 0) is 9.59 Å². The Balaban J connectivity index is 0.00000225. The van der Waals surface area contributed by atoms with Crippen molar-refractivity contribution in [1.82, 2.24) is 4.98 Å². The first-order valence-electron chi connectivity index (χ1n) is 7.69. The van der Waals surface area contributed by atoms with Gasteiger partial charge in [0.2, 0.25) is 11.8 Å². The van der Waals surface area contributed by atoms with Crippen molar-refractivity contribution in [3.8, 4) is 11.6 Å². The molecule has 1 aromatic carbocycles. The summed E-state index contributed by atoms with van der Waals surface area (Å²) in [5, 5.41) is 13.6. The fraction of sp³-hybridized carbons (Fsp3) is 0.278. The smallest absolute Gasteiger partial charge is 0.550 e. The molecule has 2 aromatic rings. The zero-order valence-corrected chi connectivity index (χ0v) is 16.2. The SMILES string of the molecule is Cc1ccc(Oc2ccc(NC(=O)CC3(C(=O)[O-])CC3)cn2)cc1.[Na+]. The quantitative estimate of drug-likeness (QED) is 0.680. The second-order valence-electron chi connectivity index (χ2n) is 6.09. The molecule has 1 amide bonds. The number of pyridine rings is 1. The molecule has 25 heavy (non-hydrogen) atoms. The zero-order valence-electron chi connectivity index (χ0n) is 14.2. The van der Waals surface area contributed by atoms with Gasteiger partial charge in [-0.05, 0) is 38.0 Å². The summed E-state index contributed by atoms with van der Waals surface area (Å²) >= 11 is 0. The van der Waals surface area contributed by atoms with Gasteiger partial charge in [0, 0.05) is 23.9 Å². The number of aryl methyl sites for hydroxylation is 1. The van der Waals surface area contributed by atoms with Crippen LogP contribution in [0.5, 0.6) is 11.6 Å². The second kappa shape index (κ2) is 7.99. The standard InChI is InChI=1S/C18H18N2O4.Na/c1-12-2-5-14(6-3-12)24-16-7-4-13(11-19-16)20-15(21)10-18(8-9-18)17(22)23;/h2-7,11H,8-10H2,1H3,(H,20,21)(H,22,23);/q;+1/p-1. The number of carboxylic acids is 1. The third-order valence-corrected chi connectivity index (χ3v) is 4.05. The van der Waals surface area contributed by atoms with Gasteiger partial charge in [-0.3, -0.25) is 4.79 Å². The van der Waals surface area contributed by atoms with Crippen LogP contribution in [0.3, 0.4) is 0 Å². The van der Waals surface area contributed by atoms with E-state index in [0.29, 0.717) is 30.2 Å². The molecule has 1 aliphatic carbocycles. The number of amides is 1. The summed E-state index contributed by atoms with van der Waals surface area (Å²) in [7, 11) is 0. The Morgan fingerprint density at radius 2 is 1.88 bits per heavy atom. The predicted molar refractivity (Wildman–Crippen MR) is 85.4 cm³/mol. The van der Waals surface area contributed by atoms with Gasteiger partial charge in [0.25, 0.3) is 0 Å². The minimum atomic E-state index is -1.15. The number of nitrogens with zero attached hydrogens (tertiary/aromatic N) is 1. The predicted octanol–water partition coefficient (Wildman–Crippen LogP) is -0.955. The van der Waals surface area contributed by atoms with Gasteiger partial charge in [-0.2, -0.15) is 0 Å². The van der Waals surface area contributed by atoms with Crippen molar-refractivity contribution in [2.75, 3.05) is 5.32 Å². The van der Waals surface area contributed by atoms with Gasteiger partial charge in [-0.1, -0.05) is 17.7 Å². The molecule has 3 rings (SSSR count). The summed E-state index contributed by atoms with van der Waals surface area (Å²) < 4.78 is 5.61. The van der Waals surface area contributed by atoms with Crippen LogP contribution in [0.15, 0.2) is 42.6 Å². The summed E-state index contributed by atoms with van der Waals surface area (Å²) in [6.07, 6.45) is 2.38. The van der Waals surface area contributed by atoms with Crippen molar-refractivity contribution in [3.05, 3.63) is 48.2 Å². The van der Waals surface area contributed by atoms with Crippen LogP contribution in [0.2, 0.25) is 0 Å². The molecule has 0 saturated heterocycles. The van der Waals surface area contributed by atoms with Crippen LogP contribution < -0.4 is 44.7 Å². The van der Waals surface area contributed by atoms with E-state index in [9.17, 15) is 14.7 Å². The van der Waals surface area contributed by atoms with Crippen LogP contribution in [0.4, 0.5) is 5.69 Å². The van der Waals surface area contributed by atoms with Gasteiger partial charge in [0.15, 0.2) is 0 Å². The molecule has 1 aromatic heterocycles. The number of carboxylic acid groups (broad SMARTS) is 1. The molecule has 0 bridgehead atoms. The molecular weight excluding hydrogens is 331 g/mol. The first-order chi connectivity index (χ1) is 11.5. The minimum Gasteiger partial charge on any atom is -0.550 e. The Kier molecular flexibility index (Phi) is 6.21. The maximum Gasteiger partial charge on any atom is 1.00 e. The largest absolute Gasteiger partial charge is 1.00 e. The minimum absolute atomic E-state index is 0. The van der Waals surface area contributed by atoms with Gasteiger partial charge in [-0.15, -0.1) is 0 Å². The molecule has 1 aliphatic rings. The van der Waals surface area contributed by atoms with E-state index >= 15 is 0 Å². The number of carbonyl (C=O) groups excluding carboxylic acids is 2. The molecule has 0 unspecified atom stereocenters. The number of aromatic nitrogens is 1. The van der Waals surface area contributed by atoms with E-state index in [1.165, 1.54) is 6.20 Å². The average Bonchev–Trinajstić information content (AvgIpc) is 3.32. The summed E-state index contributed by atoms with van der Waals surface area (Å²) in [6.45, 7) is 1.99. The third-order valence-electron chi connectivity index (χ3n) is 4.05. The molecule has 124 valence electrons. The van der Waals surface area contributed by atoms with Gasteiger partial charge in [0.05, 0.1) is 11.9 Å².